The van der Waals surface area contributed by atoms with Gasteiger partial charge in [0.05, 0.1) is 0 Å². The van der Waals surface area contributed by atoms with E-state index in [-0.39, 0.29) is 12.5 Å². The van der Waals surface area contributed by atoms with Gasteiger partial charge in [0.25, 0.3) is 5.91 Å². The standard InChI is InChI=1S/C26H44BrNO2/c1-4-5-6-7-8-9-10-11-12-13-14-15-16-17-18-28-25(29)21-30-26-22(2)19-24(27)20-23(26)3/h19-20H,4-18,21H2,1-3H3,(H,28,29). The van der Waals surface area contributed by atoms with Gasteiger partial charge in [-0.25, -0.2) is 0 Å². The lowest BCUT2D eigenvalue weighted by Crippen LogP contribution is -2.29. The third kappa shape index (κ3) is 13.3. The molecule has 0 aliphatic heterocycles. The summed E-state index contributed by atoms with van der Waals surface area (Å²) in [5, 5.41) is 2.97. The van der Waals surface area contributed by atoms with Gasteiger partial charge < -0.3 is 10.1 Å². The summed E-state index contributed by atoms with van der Waals surface area (Å²) in [5.41, 5.74) is 2.09. The number of aryl methyl sites for hydroxylation is 2. The topological polar surface area (TPSA) is 38.3 Å². The lowest BCUT2D eigenvalue weighted by molar-refractivity contribution is -0.123. The molecule has 172 valence electrons. The molecule has 1 aromatic carbocycles. The van der Waals surface area contributed by atoms with Crippen molar-refractivity contribution >= 4 is 21.8 Å². The molecule has 1 amide bonds. The second kappa shape index (κ2) is 17.6. The van der Waals surface area contributed by atoms with Gasteiger partial charge in [0, 0.05) is 11.0 Å². The fraction of sp³-hybridized carbons (Fsp3) is 0.731. The van der Waals surface area contributed by atoms with E-state index >= 15 is 0 Å². The van der Waals surface area contributed by atoms with Crippen LogP contribution in [0.4, 0.5) is 0 Å². The molecular formula is C26H44BrNO2. The van der Waals surface area contributed by atoms with E-state index in [1.165, 1.54) is 83.5 Å². The van der Waals surface area contributed by atoms with Gasteiger partial charge in [-0.15, -0.1) is 0 Å². The molecule has 0 fully saturated rings. The predicted molar refractivity (Wildman–Crippen MR) is 132 cm³/mol. The quantitative estimate of drug-likeness (QED) is 0.215. The number of ether oxygens (including phenoxy) is 1. The van der Waals surface area contributed by atoms with Crippen LogP contribution >= 0.6 is 15.9 Å². The summed E-state index contributed by atoms with van der Waals surface area (Å²) >= 11 is 3.48. The Morgan fingerprint density at radius 2 is 1.23 bits per heavy atom. The molecule has 0 saturated carbocycles. The molecule has 30 heavy (non-hydrogen) atoms. The van der Waals surface area contributed by atoms with Crippen LogP contribution in [0.15, 0.2) is 16.6 Å². The van der Waals surface area contributed by atoms with Crippen molar-refractivity contribution in [1.29, 1.82) is 0 Å². The van der Waals surface area contributed by atoms with Crippen LogP contribution in [0.5, 0.6) is 5.75 Å². The highest BCUT2D eigenvalue weighted by Crippen LogP contribution is 2.27. The average molecular weight is 483 g/mol. The summed E-state index contributed by atoms with van der Waals surface area (Å²) in [6.45, 7) is 7.11. The van der Waals surface area contributed by atoms with E-state index < -0.39 is 0 Å². The fourth-order valence-electron chi connectivity index (χ4n) is 3.86. The van der Waals surface area contributed by atoms with Crippen LogP contribution in [0.25, 0.3) is 0 Å². The molecule has 1 rings (SSSR count). The number of halogens is 1. The predicted octanol–water partition coefficient (Wildman–Crippen LogP) is 8.04. The van der Waals surface area contributed by atoms with Crippen molar-refractivity contribution < 1.29 is 9.53 Å². The molecule has 1 aromatic rings. The summed E-state index contributed by atoms with van der Waals surface area (Å²) in [5.74, 6) is 0.774. The first-order chi connectivity index (χ1) is 14.5. The molecule has 0 radical (unpaired) electrons. The van der Waals surface area contributed by atoms with Crippen molar-refractivity contribution in [2.45, 2.75) is 111 Å². The number of benzene rings is 1. The molecule has 0 atom stereocenters. The summed E-state index contributed by atoms with van der Waals surface area (Å²) in [7, 11) is 0. The van der Waals surface area contributed by atoms with Crippen molar-refractivity contribution in [3.05, 3.63) is 27.7 Å². The number of carbonyl (C=O) groups is 1. The second-order valence-corrected chi connectivity index (χ2v) is 9.52. The molecule has 0 bridgehead atoms. The van der Waals surface area contributed by atoms with E-state index in [1.54, 1.807) is 0 Å². The molecule has 1 N–H and O–H groups in total. The van der Waals surface area contributed by atoms with Crippen molar-refractivity contribution in [2.24, 2.45) is 0 Å². The number of hydrogen-bond donors (Lipinski definition) is 1. The molecule has 0 aromatic heterocycles. The molecular weight excluding hydrogens is 438 g/mol. The smallest absolute Gasteiger partial charge is 0.257 e. The maximum absolute atomic E-state index is 12.0. The van der Waals surface area contributed by atoms with E-state index in [9.17, 15) is 4.79 Å². The molecule has 0 unspecified atom stereocenters. The summed E-state index contributed by atoms with van der Waals surface area (Å²) in [4.78, 5) is 12.0. The van der Waals surface area contributed by atoms with E-state index in [4.69, 9.17) is 4.74 Å². The third-order valence-electron chi connectivity index (χ3n) is 5.63. The Bertz CT molecular complexity index is 565. The van der Waals surface area contributed by atoms with Crippen LogP contribution < -0.4 is 10.1 Å². The minimum Gasteiger partial charge on any atom is -0.483 e. The Labute approximate surface area is 193 Å². The van der Waals surface area contributed by atoms with Crippen LogP contribution in [0.3, 0.4) is 0 Å². The number of amides is 1. The first-order valence-electron chi connectivity index (χ1n) is 12.2. The van der Waals surface area contributed by atoms with E-state index in [2.05, 4.69) is 28.2 Å². The molecule has 3 nitrogen and oxygen atoms in total. The number of hydrogen-bond acceptors (Lipinski definition) is 2. The average Bonchev–Trinajstić information content (AvgIpc) is 2.70. The fourth-order valence-corrected chi connectivity index (χ4v) is 4.55. The summed E-state index contributed by atoms with van der Waals surface area (Å²) < 4.78 is 6.76. The first-order valence-corrected chi connectivity index (χ1v) is 13.0. The lowest BCUT2D eigenvalue weighted by Gasteiger charge is -2.12. The van der Waals surface area contributed by atoms with Gasteiger partial charge in [-0.05, 0) is 43.5 Å². The highest BCUT2D eigenvalue weighted by molar-refractivity contribution is 9.10. The van der Waals surface area contributed by atoms with Crippen molar-refractivity contribution in [3.63, 3.8) is 0 Å². The van der Waals surface area contributed by atoms with Gasteiger partial charge in [-0.1, -0.05) is 106 Å². The maximum atomic E-state index is 12.0. The zero-order valence-corrected chi connectivity index (χ0v) is 21.2. The van der Waals surface area contributed by atoms with Crippen LogP contribution in [0.2, 0.25) is 0 Å². The van der Waals surface area contributed by atoms with Gasteiger partial charge >= 0.3 is 0 Å². The Kier molecular flexibility index (Phi) is 15.9. The zero-order valence-electron chi connectivity index (χ0n) is 19.7. The monoisotopic (exact) mass is 481 g/mol. The van der Waals surface area contributed by atoms with Crippen molar-refractivity contribution in [3.8, 4) is 5.75 Å². The number of unbranched alkanes of at least 4 members (excludes halogenated alkanes) is 13. The lowest BCUT2D eigenvalue weighted by atomic mass is 10.0. The van der Waals surface area contributed by atoms with Gasteiger partial charge in [-0.2, -0.15) is 0 Å². The van der Waals surface area contributed by atoms with Crippen LogP contribution in [-0.4, -0.2) is 19.1 Å². The zero-order chi connectivity index (χ0) is 22.0. The van der Waals surface area contributed by atoms with E-state index in [1.807, 2.05) is 26.0 Å². The highest BCUT2D eigenvalue weighted by Gasteiger charge is 2.08. The SMILES string of the molecule is CCCCCCCCCCCCCCCCNC(=O)COc1c(C)cc(Br)cc1C. The first kappa shape index (κ1) is 27.0. The largest absolute Gasteiger partial charge is 0.483 e. The Hall–Kier alpha value is -1.03. The van der Waals surface area contributed by atoms with Crippen molar-refractivity contribution in [2.75, 3.05) is 13.2 Å². The molecule has 0 aliphatic rings. The van der Waals surface area contributed by atoms with Gasteiger partial charge in [-0.3, -0.25) is 4.79 Å². The summed E-state index contributed by atoms with van der Waals surface area (Å²) in [6.07, 6.45) is 18.9. The van der Waals surface area contributed by atoms with Crippen LogP contribution in [0.1, 0.15) is 108 Å². The molecule has 0 aliphatic carbocycles. The number of rotatable bonds is 18. The Balaban J connectivity index is 1.91. The van der Waals surface area contributed by atoms with Crippen molar-refractivity contribution in [1.82, 2.24) is 5.32 Å². The molecule has 0 spiro atoms. The normalized spacial score (nSPS) is 10.9. The maximum Gasteiger partial charge on any atom is 0.257 e. The summed E-state index contributed by atoms with van der Waals surface area (Å²) in [6, 6.07) is 4.02. The van der Waals surface area contributed by atoms with Gasteiger partial charge in [0.1, 0.15) is 5.75 Å². The van der Waals surface area contributed by atoms with Crippen LogP contribution in [0, 0.1) is 13.8 Å². The Morgan fingerprint density at radius 1 is 0.800 bits per heavy atom. The minimum absolute atomic E-state index is 0.0357. The third-order valence-corrected chi connectivity index (χ3v) is 6.08. The van der Waals surface area contributed by atoms with Crippen LogP contribution in [-0.2, 0) is 4.79 Å². The highest BCUT2D eigenvalue weighted by atomic mass is 79.9. The number of nitrogens with one attached hydrogen (secondary N) is 1. The second-order valence-electron chi connectivity index (χ2n) is 8.60. The van der Waals surface area contributed by atoms with Gasteiger partial charge in [0.15, 0.2) is 6.61 Å². The Morgan fingerprint density at radius 3 is 1.70 bits per heavy atom. The van der Waals surface area contributed by atoms with Gasteiger partial charge in [0.2, 0.25) is 0 Å². The van der Waals surface area contributed by atoms with E-state index in [0.717, 1.165) is 34.3 Å². The molecule has 0 heterocycles. The molecule has 0 saturated heterocycles. The molecule has 4 heteroatoms. The minimum atomic E-state index is -0.0357. The number of carbonyl (C=O) groups excluding carboxylic acids is 1. The van der Waals surface area contributed by atoms with E-state index in [0.29, 0.717) is 0 Å².